The van der Waals surface area contributed by atoms with E-state index in [1.54, 1.807) is 0 Å². The second-order valence-electron chi connectivity index (χ2n) is 4.45. The van der Waals surface area contributed by atoms with Crippen molar-refractivity contribution in [2.45, 2.75) is 19.1 Å². The van der Waals surface area contributed by atoms with E-state index in [0.717, 1.165) is 5.56 Å². The molecule has 2 N–H and O–H groups in total. The van der Waals surface area contributed by atoms with Crippen molar-refractivity contribution >= 4 is 0 Å². The monoisotopic (exact) mass is 237 g/mol. The molecule has 1 saturated heterocycles. The van der Waals surface area contributed by atoms with Crippen LogP contribution in [0.15, 0.2) is 30.3 Å². The topological polar surface area (TPSA) is 52.9 Å². The highest BCUT2D eigenvalue weighted by molar-refractivity contribution is 5.13. The van der Waals surface area contributed by atoms with Crippen molar-refractivity contribution in [2.75, 3.05) is 19.7 Å². The highest BCUT2D eigenvalue weighted by atomic mass is 16.7. The zero-order valence-corrected chi connectivity index (χ0v) is 9.83. The number of hydroxylamine groups is 2. The van der Waals surface area contributed by atoms with E-state index in [4.69, 9.17) is 9.94 Å². The summed E-state index contributed by atoms with van der Waals surface area (Å²) >= 11 is 0. The van der Waals surface area contributed by atoms with Gasteiger partial charge >= 0.3 is 0 Å². The van der Waals surface area contributed by atoms with Gasteiger partial charge in [0.05, 0.1) is 12.7 Å². The van der Waals surface area contributed by atoms with Crippen molar-refractivity contribution in [3.63, 3.8) is 0 Å². The van der Waals surface area contributed by atoms with Crippen LogP contribution in [0.5, 0.6) is 0 Å². The molecule has 94 valence electrons. The minimum Gasteiger partial charge on any atom is -0.396 e. The molecule has 0 saturated carbocycles. The second-order valence-corrected chi connectivity index (χ2v) is 4.45. The maximum atomic E-state index is 9.63. The predicted molar refractivity (Wildman–Crippen MR) is 64.0 cm³/mol. The van der Waals surface area contributed by atoms with Gasteiger partial charge in [-0.2, -0.15) is 5.06 Å². The van der Waals surface area contributed by atoms with E-state index in [0.29, 0.717) is 26.1 Å². The van der Waals surface area contributed by atoms with E-state index in [1.165, 1.54) is 0 Å². The Bertz CT molecular complexity index is 331. The van der Waals surface area contributed by atoms with Gasteiger partial charge < -0.3 is 10.2 Å². The summed E-state index contributed by atoms with van der Waals surface area (Å²) in [6.45, 7) is 1.84. The molecule has 1 aromatic rings. The van der Waals surface area contributed by atoms with Crippen LogP contribution in [-0.2, 0) is 11.4 Å². The number of benzene rings is 1. The van der Waals surface area contributed by atoms with Crippen molar-refractivity contribution in [2.24, 2.45) is 5.92 Å². The van der Waals surface area contributed by atoms with Gasteiger partial charge in [0.1, 0.15) is 0 Å². The molecule has 0 radical (unpaired) electrons. The predicted octanol–water partition coefficient (Wildman–Crippen LogP) is 0.793. The van der Waals surface area contributed by atoms with Crippen LogP contribution in [-0.4, -0.2) is 41.1 Å². The van der Waals surface area contributed by atoms with E-state index in [-0.39, 0.29) is 12.5 Å². The summed E-state index contributed by atoms with van der Waals surface area (Å²) in [7, 11) is 0. The number of hydrogen-bond acceptors (Lipinski definition) is 4. The molecular formula is C13H19NO3. The fourth-order valence-electron chi connectivity index (χ4n) is 2.02. The summed E-state index contributed by atoms with van der Waals surface area (Å²) in [4.78, 5) is 5.66. The van der Waals surface area contributed by atoms with Crippen molar-refractivity contribution in [3.8, 4) is 0 Å². The van der Waals surface area contributed by atoms with Crippen molar-refractivity contribution < 1.29 is 15.1 Å². The first kappa shape index (κ1) is 12.5. The number of aliphatic hydroxyl groups excluding tert-OH is 2. The summed E-state index contributed by atoms with van der Waals surface area (Å²) in [5.74, 6) is -0.0977. The lowest BCUT2D eigenvalue weighted by molar-refractivity contribution is -0.205. The van der Waals surface area contributed by atoms with E-state index >= 15 is 0 Å². The van der Waals surface area contributed by atoms with E-state index in [9.17, 15) is 5.11 Å². The third kappa shape index (κ3) is 3.51. The molecule has 17 heavy (non-hydrogen) atoms. The Morgan fingerprint density at radius 1 is 1.29 bits per heavy atom. The number of rotatable bonds is 4. The third-order valence-electron chi connectivity index (χ3n) is 3.15. The van der Waals surface area contributed by atoms with Crippen molar-refractivity contribution in [1.82, 2.24) is 5.06 Å². The lowest BCUT2D eigenvalue weighted by Crippen LogP contribution is -2.44. The van der Waals surface area contributed by atoms with Crippen LogP contribution in [0, 0.1) is 5.92 Å². The van der Waals surface area contributed by atoms with Gasteiger partial charge in [0.25, 0.3) is 0 Å². The first-order valence-electron chi connectivity index (χ1n) is 6.00. The Balaban J connectivity index is 1.80. The average molecular weight is 237 g/mol. The molecule has 4 nitrogen and oxygen atoms in total. The molecule has 0 bridgehead atoms. The molecule has 0 amide bonds. The normalized spacial score (nSPS) is 26.0. The Morgan fingerprint density at radius 2 is 2.06 bits per heavy atom. The van der Waals surface area contributed by atoms with E-state index in [1.807, 2.05) is 35.4 Å². The van der Waals surface area contributed by atoms with Gasteiger partial charge in [-0.15, -0.1) is 0 Å². The molecule has 0 unspecified atom stereocenters. The van der Waals surface area contributed by atoms with Gasteiger partial charge in [-0.1, -0.05) is 30.3 Å². The number of piperidine rings is 1. The van der Waals surface area contributed by atoms with Crippen LogP contribution in [0.1, 0.15) is 12.0 Å². The maximum absolute atomic E-state index is 9.63. The molecule has 0 aliphatic carbocycles. The molecular weight excluding hydrogens is 218 g/mol. The van der Waals surface area contributed by atoms with Crippen molar-refractivity contribution in [3.05, 3.63) is 35.9 Å². The van der Waals surface area contributed by atoms with E-state index < -0.39 is 6.10 Å². The smallest absolute Gasteiger partial charge is 0.0935 e. The molecule has 1 aromatic carbocycles. The largest absolute Gasteiger partial charge is 0.396 e. The lowest BCUT2D eigenvalue weighted by Gasteiger charge is -2.34. The average Bonchev–Trinajstić information content (AvgIpc) is 2.39. The lowest BCUT2D eigenvalue weighted by atomic mass is 9.97. The van der Waals surface area contributed by atoms with Gasteiger partial charge in [-0.05, 0) is 12.0 Å². The Labute approximate surface area is 101 Å². The molecule has 1 fully saturated rings. The first-order chi connectivity index (χ1) is 8.29. The van der Waals surface area contributed by atoms with Gasteiger partial charge in [0.15, 0.2) is 0 Å². The highest BCUT2D eigenvalue weighted by Crippen LogP contribution is 2.17. The molecule has 4 heteroatoms. The van der Waals surface area contributed by atoms with Crippen molar-refractivity contribution in [1.29, 1.82) is 0 Å². The summed E-state index contributed by atoms with van der Waals surface area (Å²) in [5, 5.41) is 20.6. The molecule has 2 rings (SSSR count). The fraction of sp³-hybridized carbons (Fsp3) is 0.538. The number of aliphatic hydroxyl groups is 2. The number of hydrogen-bond donors (Lipinski definition) is 2. The van der Waals surface area contributed by atoms with Gasteiger partial charge in [-0.3, -0.25) is 4.84 Å². The van der Waals surface area contributed by atoms with Crippen LogP contribution in [0.3, 0.4) is 0 Å². The quantitative estimate of drug-likeness (QED) is 0.813. The Morgan fingerprint density at radius 3 is 2.76 bits per heavy atom. The highest BCUT2D eigenvalue weighted by Gasteiger charge is 2.27. The third-order valence-corrected chi connectivity index (χ3v) is 3.15. The second kappa shape index (κ2) is 6.12. The van der Waals surface area contributed by atoms with Crippen LogP contribution >= 0.6 is 0 Å². The summed E-state index contributed by atoms with van der Waals surface area (Å²) in [6, 6.07) is 9.97. The summed E-state index contributed by atoms with van der Waals surface area (Å²) in [5.41, 5.74) is 1.12. The SMILES string of the molecule is OC[C@H]1CN(OCc2ccccc2)CC[C@@H]1O. The number of nitrogens with zero attached hydrogens (tertiary/aromatic N) is 1. The molecule has 2 atom stereocenters. The zero-order chi connectivity index (χ0) is 12.1. The minimum atomic E-state index is -0.406. The van der Waals surface area contributed by atoms with Gasteiger partial charge in [0.2, 0.25) is 0 Å². The fourth-order valence-corrected chi connectivity index (χ4v) is 2.02. The molecule has 0 spiro atoms. The van der Waals surface area contributed by atoms with Crippen LogP contribution in [0.2, 0.25) is 0 Å². The molecule has 1 aliphatic heterocycles. The maximum Gasteiger partial charge on any atom is 0.0935 e. The molecule has 1 heterocycles. The summed E-state index contributed by atoms with van der Waals surface area (Å²) < 4.78 is 0. The van der Waals surface area contributed by atoms with Crippen LogP contribution < -0.4 is 0 Å². The zero-order valence-electron chi connectivity index (χ0n) is 9.83. The Hall–Kier alpha value is -0.940. The standard InChI is InChI=1S/C13H19NO3/c15-9-12-8-14(7-6-13(12)16)17-10-11-4-2-1-3-5-11/h1-5,12-13,15-16H,6-10H2/t12-,13+/m1/s1. The van der Waals surface area contributed by atoms with Gasteiger partial charge in [0, 0.05) is 25.6 Å². The summed E-state index contributed by atoms with van der Waals surface area (Å²) in [6.07, 6.45) is 0.247. The Kier molecular flexibility index (Phi) is 4.50. The first-order valence-corrected chi connectivity index (χ1v) is 6.00. The molecule has 0 aromatic heterocycles. The van der Waals surface area contributed by atoms with Gasteiger partial charge in [-0.25, -0.2) is 0 Å². The van der Waals surface area contributed by atoms with Crippen LogP contribution in [0.4, 0.5) is 0 Å². The molecule has 1 aliphatic rings. The van der Waals surface area contributed by atoms with Crippen LogP contribution in [0.25, 0.3) is 0 Å². The van der Waals surface area contributed by atoms with E-state index in [2.05, 4.69) is 0 Å². The minimum absolute atomic E-state index is 0.00631.